The van der Waals surface area contributed by atoms with E-state index in [0.29, 0.717) is 0 Å². The molecule has 88 valence electrons. The number of aromatic nitrogens is 2. The maximum absolute atomic E-state index is 11.8. The molecule has 17 heavy (non-hydrogen) atoms. The Bertz CT molecular complexity index is 653. The lowest BCUT2D eigenvalue weighted by Crippen LogP contribution is -2.38. The average molecular weight is 230 g/mol. The van der Waals surface area contributed by atoms with Crippen molar-refractivity contribution < 1.29 is 0 Å². The fourth-order valence-electron chi connectivity index (χ4n) is 1.69. The number of aryl methyl sites for hydroxylation is 2. The van der Waals surface area contributed by atoms with Crippen LogP contribution >= 0.6 is 0 Å². The van der Waals surface area contributed by atoms with Crippen LogP contribution in [0.1, 0.15) is 12.5 Å². The number of hydrogen-bond acceptors (Lipinski definition) is 2. The van der Waals surface area contributed by atoms with Gasteiger partial charge in [-0.05, 0) is 24.1 Å². The van der Waals surface area contributed by atoms with E-state index in [9.17, 15) is 9.59 Å². The van der Waals surface area contributed by atoms with Crippen LogP contribution in [0.25, 0.3) is 5.69 Å². The van der Waals surface area contributed by atoms with E-state index in [1.54, 1.807) is 19.4 Å². The van der Waals surface area contributed by atoms with Crippen molar-refractivity contribution in [1.29, 1.82) is 0 Å². The molecule has 0 N–H and O–H groups in total. The minimum Gasteiger partial charge on any atom is -0.312 e. The van der Waals surface area contributed by atoms with Crippen molar-refractivity contribution in [2.45, 2.75) is 13.3 Å². The second-order valence-corrected chi connectivity index (χ2v) is 3.91. The van der Waals surface area contributed by atoms with Crippen molar-refractivity contribution in [1.82, 2.24) is 9.13 Å². The number of rotatable bonds is 2. The van der Waals surface area contributed by atoms with Gasteiger partial charge in [-0.25, -0.2) is 0 Å². The molecule has 2 rings (SSSR count). The maximum atomic E-state index is 11.8. The van der Waals surface area contributed by atoms with E-state index in [0.717, 1.165) is 17.7 Å². The van der Waals surface area contributed by atoms with E-state index in [2.05, 4.69) is 0 Å². The van der Waals surface area contributed by atoms with Gasteiger partial charge in [0, 0.05) is 25.1 Å². The van der Waals surface area contributed by atoms with Crippen LogP contribution < -0.4 is 11.1 Å². The summed E-state index contributed by atoms with van der Waals surface area (Å²) in [5, 5.41) is 0. The molecule has 4 nitrogen and oxygen atoms in total. The van der Waals surface area contributed by atoms with Crippen molar-refractivity contribution in [3.8, 4) is 5.69 Å². The third-order valence-corrected chi connectivity index (χ3v) is 2.76. The monoisotopic (exact) mass is 230 g/mol. The molecule has 0 aliphatic heterocycles. The van der Waals surface area contributed by atoms with Gasteiger partial charge in [0.05, 0.1) is 0 Å². The standard InChI is InChI=1S/C13H14N2O2/c1-3-10-5-4-6-11(9-10)15-8-7-14(2)12(16)13(15)17/h4-9H,3H2,1-2H3. The van der Waals surface area contributed by atoms with Crippen LogP contribution in [0.5, 0.6) is 0 Å². The first kappa shape index (κ1) is 11.4. The highest BCUT2D eigenvalue weighted by atomic mass is 16.2. The zero-order valence-corrected chi connectivity index (χ0v) is 9.88. The maximum Gasteiger partial charge on any atom is 0.320 e. The summed E-state index contributed by atoms with van der Waals surface area (Å²) < 4.78 is 2.66. The van der Waals surface area contributed by atoms with Crippen molar-refractivity contribution in [3.63, 3.8) is 0 Å². The molecule has 0 spiro atoms. The largest absolute Gasteiger partial charge is 0.320 e. The first-order valence-corrected chi connectivity index (χ1v) is 5.51. The minimum atomic E-state index is -0.525. The van der Waals surface area contributed by atoms with Gasteiger partial charge in [0.1, 0.15) is 0 Å². The van der Waals surface area contributed by atoms with Crippen molar-refractivity contribution >= 4 is 0 Å². The molecule has 1 heterocycles. The molecule has 0 unspecified atom stereocenters. The topological polar surface area (TPSA) is 44.0 Å². The van der Waals surface area contributed by atoms with Crippen molar-refractivity contribution in [3.05, 3.63) is 62.9 Å². The van der Waals surface area contributed by atoms with E-state index in [-0.39, 0.29) is 0 Å². The summed E-state index contributed by atoms with van der Waals surface area (Å²) in [5.41, 5.74) is 0.819. The zero-order valence-electron chi connectivity index (χ0n) is 9.88. The Balaban J connectivity index is 2.65. The van der Waals surface area contributed by atoms with E-state index in [1.165, 1.54) is 9.13 Å². The van der Waals surface area contributed by atoms with E-state index in [4.69, 9.17) is 0 Å². The van der Waals surface area contributed by atoms with E-state index < -0.39 is 11.1 Å². The van der Waals surface area contributed by atoms with Gasteiger partial charge in [0.2, 0.25) is 0 Å². The molecule has 0 amide bonds. The van der Waals surface area contributed by atoms with E-state index in [1.807, 2.05) is 31.2 Å². The summed E-state index contributed by atoms with van der Waals surface area (Å²) in [4.78, 5) is 23.4. The van der Waals surface area contributed by atoms with Crippen molar-refractivity contribution in [2.75, 3.05) is 0 Å². The summed E-state index contributed by atoms with van der Waals surface area (Å²) in [6.45, 7) is 2.05. The molecular weight excluding hydrogens is 216 g/mol. The average Bonchev–Trinajstić information content (AvgIpc) is 2.36. The van der Waals surface area contributed by atoms with Gasteiger partial charge in [-0.1, -0.05) is 19.1 Å². The van der Waals surface area contributed by atoms with Crippen LogP contribution in [0, 0.1) is 0 Å². The summed E-state index contributed by atoms with van der Waals surface area (Å²) in [6.07, 6.45) is 4.09. The van der Waals surface area contributed by atoms with E-state index >= 15 is 0 Å². The Morgan fingerprint density at radius 1 is 1.12 bits per heavy atom. The normalized spacial score (nSPS) is 10.5. The predicted octanol–water partition coefficient (Wildman–Crippen LogP) is 1.10. The Morgan fingerprint density at radius 2 is 1.88 bits per heavy atom. The molecule has 0 saturated carbocycles. The van der Waals surface area contributed by atoms with Crippen LogP contribution in [-0.2, 0) is 13.5 Å². The molecule has 1 aromatic heterocycles. The number of benzene rings is 1. The summed E-state index contributed by atoms with van der Waals surface area (Å²) in [6, 6.07) is 7.62. The van der Waals surface area contributed by atoms with Crippen LogP contribution in [0.4, 0.5) is 0 Å². The molecule has 0 fully saturated rings. The van der Waals surface area contributed by atoms with Gasteiger partial charge < -0.3 is 4.57 Å². The van der Waals surface area contributed by atoms with Gasteiger partial charge in [-0.3, -0.25) is 14.2 Å². The van der Waals surface area contributed by atoms with Gasteiger partial charge in [0.15, 0.2) is 0 Å². The number of hydrogen-bond donors (Lipinski definition) is 0. The molecule has 0 aliphatic rings. The van der Waals surface area contributed by atoms with Gasteiger partial charge >= 0.3 is 11.1 Å². The quantitative estimate of drug-likeness (QED) is 0.725. The van der Waals surface area contributed by atoms with Crippen LogP contribution in [-0.4, -0.2) is 9.13 Å². The second kappa shape index (κ2) is 4.41. The highest BCUT2D eigenvalue weighted by molar-refractivity contribution is 5.35. The third kappa shape index (κ3) is 2.06. The molecule has 0 saturated heterocycles. The molecule has 0 aliphatic carbocycles. The first-order chi connectivity index (χ1) is 8.13. The minimum absolute atomic E-state index is 0.519. The van der Waals surface area contributed by atoms with Crippen LogP contribution in [0.15, 0.2) is 46.2 Å². The first-order valence-electron chi connectivity index (χ1n) is 5.51. The highest BCUT2D eigenvalue weighted by Crippen LogP contribution is 2.08. The lowest BCUT2D eigenvalue weighted by molar-refractivity contribution is 0.786. The molecule has 2 aromatic rings. The molecule has 0 atom stereocenters. The Labute approximate surface area is 98.8 Å². The fourth-order valence-corrected chi connectivity index (χ4v) is 1.69. The molecule has 4 heteroatoms. The second-order valence-electron chi connectivity index (χ2n) is 3.91. The highest BCUT2D eigenvalue weighted by Gasteiger charge is 2.04. The zero-order chi connectivity index (χ0) is 12.4. The van der Waals surface area contributed by atoms with Gasteiger partial charge in [-0.15, -0.1) is 0 Å². The Hall–Kier alpha value is -2.10. The summed E-state index contributed by atoms with van der Waals surface area (Å²) in [5.74, 6) is 0. The van der Waals surface area contributed by atoms with Crippen LogP contribution in [0.2, 0.25) is 0 Å². The fraction of sp³-hybridized carbons (Fsp3) is 0.231. The SMILES string of the molecule is CCc1cccc(-n2ccn(C)c(=O)c2=O)c1. The lowest BCUT2D eigenvalue weighted by atomic mass is 10.1. The third-order valence-electron chi connectivity index (χ3n) is 2.76. The molecule has 0 bridgehead atoms. The van der Waals surface area contributed by atoms with Crippen LogP contribution in [0.3, 0.4) is 0 Å². The number of nitrogens with zero attached hydrogens (tertiary/aromatic N) is 2. The lowest BCUT2D eigenvalue weighted by Gasteiger charge is -2.07. The molecule has 0 radical (unpaired) electrons. The van der Waals surface area contributed by atoms with Crippen molar-refractivity contribution in [2.24, 2.45) is 7.05 Å². The van der Waals surface area contributed by atoms with Gasteiger partial charge in [-0.2, -0.15) is 0 Å². The summed E-state index contributed by atoms with van der Waals surface area (Å²) >= 11 is 0. The molecule has 1 aromatic carbocycles. The smallest absolute Gasteiger partial charge is 0.312 e. The van der Waals surface area contributed by atoms with Gasteiger partial charge in [0.25, 0.3) is 0 Å². The Kier molecular flexibility index (Phi) is 2.95. The summed E-state index contributed by atoms with van der Waals surface area (Å²) in [7, 11) is 1.57. The predicted molar refractivity (Wildman–Crippen MR) is 66.7 cm³/mol. The Morgan fingerprint density at radius 3 is 2.59 bits per heavy atom. The molecular formula is C13H14N2O2.